The summed E-state index contributed by atoms with van der Waals surface area (Å²) in [5, 5.41) is 0. The van der Waals surface area contributed by atoms with E-state index in [-0.39, 0.29) is 0 Å². The summed E-state index contributed by atoms with van der Waals surface area (Å²) in [6, 6.07) is 0. The molecule has 0 spiro atoms. The third-order valence-corrected chi connectivity index (χ3v) is 5.07. The van der Waals surface area contributed by atoms with Crippen molar-refractivity contribution in [3.63, 3.8) is 0 Å². The van der Waals surface area contributed by atoms with E-state index in [9.17, 15) is 4.21 Å². The van der Waals surface area contributed by atoms with Crippen LogP contribution in [0.1, 0.15) is 33.1 Å². The zero-order chi connectivity index (χ0) is 7.56. The van der Waals surface area contributed by atoms with Crippen LogP contribution in [0.4, 0.5) is 0 Å². The van der Waals surface area contributed by atoms with Crippen LogP contribution in [-0.2, 0) is 9.83 Å². The quantitative estimate of drug-likeness (QED) is 0.486. The van der Waals surface area contributed by atoms with Crippen LogP contribution in [-0.4, -0.2) is 8.79 Å². The summed E-state index contributed by atoms with van der Waals surface area (Å²) in [5.41, 5.74) is 0. The Balaban J connectivity index is 2.00. The van der Waals surface area contributed by atoms with E-state index in [1.165, 1.54) is 12.8 Å². The van der Waals surface area contributed by atoms with E-state index in [0.717, 1.165) is 12.3 Å². The van der Waals surface area contributed by atoms with Crippen molar-refractivity contribution in [2.24, 2.45) is 5.92 Å². The monoisotopic (exact) mass is 178 g/mol. The fourth-order valence-electron chi connectivity index (χ4n) is 0.852. The van der Waals surface area contributed by atoms with Gasteiger partial charge in [0.25, 0.3) is 0 Å². The summed E-state index contributed by atoms with van der Waals surface area (Å²) in [5.74, 6) is 0.818. The molecular weight excluding hydrogens is 164 g/mol. The third-order valence-electron chi connectivity index (χ3n) is 1.97. The molecule has 1 fully saturated rings. The second-order valence-electron chi connectivity index (χ2n) is 2.88. The minimum Gasteiger partial charge on any atom is -0.247 e. The molecule has 1 aliphatic rings. The summed E-state index contributed by atoms with van der Waals surface area (Å²) in [6.07, 6.45) is 3.66. The molecule has 0 aromatic carbocycles. The van der Waals surface area contributed by atoms with Crippen molar-refractivity contribution in [3.8, 4) is 0 Å². The Bertz CT molecular complexity index is 136. The molecule has 3 atom stereocenters. The largest absolute Gasteiger partial charge is 0.247 e. The Labute approximate surface area is 68.8 Å². The molecule has 3 unspecified atom stereocenters. The van der Waals surface area contributed by atoms with Gasteiger partial charge >= 0.3 is 0 Å². The van der Waals surface area contributed by atoms with Crippen LogP contribution in [0.25, 0.3) is 0 Å². The molecule has 1 nitrogen and oxygen atoms in total. The van der Waals surface area contributed by atoms with E-state index in [2.05, 4.69) is 13.8 Å². The topological polar surface area (TPSA) is 17.1 Å². The van der Waals surface area contributed by atoms with Gasteiger partial charge in [-0.25, -0.2) is 4.21 Å². The molecule has 1 heterocycles. The average molecular weight is 178 g/mol. The normalized spacial score (nSPS) is 33.8. The molecule has 0 saturated carbocycles. The van der Waals surface area contributed by atoms with Crippen LogP contribution in [0.5, 0.6) is 0 Å². The van der Waals surface area contributed by atoms with Crippen molar-refractivity contribution in [1.82, 2.24) is 0 Å². The first-order valence-corrected chi connectivity index (χ1v) is 6.42. The predicted molar refractivity (Wildman–Crippen MR) is 48.2 cm³/mol. The lowest BCUT2D eigenvalue weighted by Gasteiger charge is -2.04. The fraction of sp³-hybridized carbons (Fsp3) is 1.00. The van der Waals surface area contributed by atoms with E-state index >= 15 is 0 Å². The van der Waals surface area contributed by atoms with Crippen molar-refractivity contribution in [3.05, 3.63) is 0 Å². The van der Waals surface area contributed by atoms with Gasteiger partial charge in [0.05, 0.1) is 9.83 Å². The number of rotatable bonds is 4. The van der Waals surface area contributed by atoms with E-state index in [1.807, 2.05) is 0 Å². The summed E-state index contributed by atoms with van der Waals surface area (Å²) in [6.45, 7) is 4.47. The zero-order valence-electron chi connectivity index (χ0n) is 6.50. The minimum atomic E-state index is -0.501. The van der Waals surface area contributed by atoms with Gasteiger partial charge in [0.15, 0.2) is 0 Å². The standard InChI is InChI=1S/C7H14OS2/c1-3-6(2)4-5-7-9-10(7)8/h6-7H,3-5H2,1-2H3. The lowest BCUT2D eigenvalue weighted by Crippen LogP contribution is -1.94. The number of hydrogen-bond donors (Lipinski definition) is 0. The van der Waals surface area contributed by atoms with Gasteiger partial charge in [-0.15, -0.1) is 0 Å². The van der Waals surface area contributed by atoms with Gasteiger partial charge in [0, 0.05) is 0 Å². The molecule has 0 amide bonds. The Morgan fingerprint density at radius 3 is 2.70 bits per heavy atom. The van der Waals surface area contributed by atoms with Crippen LogP contribution in [0.3, 0.4) is 0 Å². The second-order valence-corrected chi connectivity index (χ2v) is 6.59. The van der Waals surface area contributed by atoms with Crippen LogP contribution in [0.15, 0.2) is 0 Å². The Hall–Kier alpha value is 0.500. The highest BCUT2D eigenvalue weighted by Gasteiger charge is 2.34. The highest BCUT2D eigenvalue weighted by Crippen LogP contribution is 2.43. The highest BCUT2D eigenvalue weighted by molar-refractivity contribution is 8.85. The van der Waals surface area contributed by atoms with Gasteiger partial charge in [-0.3, -0.25) is 0 Å². The molecule has 0 radical (unpaired) electrons. The third kappa shape index (κ3) is 2.62. The predicted octanol–water partition coefficient (Wildman–Crippen LogP) is 2.55. The molecule has 0 aromatic heterocycles. The molecule has 1 aliphatic heterocycles. The lowest BCUT2D eigenvalue weighted by atomic mass is 10.0. The van der Waals surface area contributed by atoms with E-state index in [1.54, 1.807) is 10.8 Å². The van der Waals surface area contributed by atoms with Gasteiger partial charge in [0.2, 0.25) is 0 Å². The van der Waals surface area contributed by atoms with Gasteiger partial charge in [-0.2, -0.15) is 0 Å². The Morgan fingerprint density at radius 1 is 1.70 bits per heavy atom. The maximum absolute atomic E-state index is 10.7. The van der Waals surface area contributed by atoms with Crippen LogP contribution in [0.2, 0.25) is 0 Å². The first-order chi connectivity index (χ1) is 4.74. The lowest BCUT2D eigenvalue weighted by molar-refractivity contribution is 0.507. The smallest absolute Gasteiger partial charge is 0.103 e. The molecule has 3 heteroatoms. The molecule has 1 saturated heterocycles. The fourth-order valence-corrected chi connectivity index (χ4v) is 2.94. The average Bonchev–Trinajstić information content (AvgIpc) is 2.61. The maximum atomic E-state index is 10.7. The van der Waals surface area contributed by atoms with Crippen molar-refractivity contribution < 1.29 is 4.21 Å². The minimum absolute atomic E-state index is 0.494. The molecular formula is C7H14OS2. The summed E-state index contributed by atoms with van der Waals surface area (Å²) >= 11 is 0. The first kappa shape index (κ1) is 8.60. The zero-order valence-corrected chi connectivity index (χ0v) is 8.13. The summed E-state index contributed by atoms with van der Waals surface area (Å²) in [4.78, 5) is 0. The van der Waals surface area contributed by atoms with Crippen molar-refractivity contribution in [2.75, 3.05) is 0 Å². The van der Waals surface area contributed by atoms with Gasteiger partial charge in [0.1, 0.15) is 4.58 Å². The molecule has 60 valence electrons. The van der Waals surface area contributed by atoms with Gasteiger partial charge in [-0.05, 0) is 29.6 Å². The van der Waals surface area contributed by atoms with Crippen LogP contribution < -0.4 is 0 Å². The van der Waals surface area contributed by atoms with Crippen molar-refractivity contribution in [2.45, 2.75) is 37.7 Å². The summed E-state index contributed by atoms with van der Waals surface area (Å²) in [7, 11) is 1.12. The molecule has 0 bridgehead atoms. The van der Waals surface area contributed by atoms with E-state index in [0.29, 0.717) is 4.58 Å². The molecule has 1 rings (SSSR count). The molecule has 0 aromatic rings. The summed E-state index contributed by atoms with van der Waals surface area (Å²) < 4.78 is 11.2. The SMILES string of the molecule is CCC(C)CCC1SS1=O. The number of hydrogen-bond acceptors (Lipinski definition) is 2. The highest BCUT2D eigenvalue weighted by atomic mass is 33.2. The van der Waals surface area contributed by atoms with Crippen molar-refractivity contribution >= 4 is 20.6 Å². The van der Waals surface area contributed by atoms with E-state index in [4.69, 9.17) is 0 Å². The van der Waals surface area contributed by atoms with Gasteiger partial charge in [-0.1, -0.05) is 20.3 Å². The molecule has 0 aliphatic carbocycles. The first-order valence-electron chi connectivity index (χ1n) is 3.81. The van der Waals surface area contributed by atoms with Crippen molar-refractivity contribution in [1.29, 1.82) is 0 Å². The van der Waals surface area contributed by atoms with Crippen LogP contribution in [0, 0.1) is 5.92 Å². The second kappa shape index (κ2) is 3.77. The molecule has 10 heavy (non-hydrogen) atoms. The Morgan fingerprint density at radius 2 is 2.30 bits per heavy atom. The van der Waals surface area contributed by atoms with Gasteiger partial charge < -0.3 is 0 Å². The van der Waals surface area contributed by atoms with E-state index < -0.39 is 9.83 Å². The van der Waals surface area contributed by atoms with Crippen LogP contribution >= 0.6 is 10.8 Å². The Kier molecular flexibility index (Phi) is 3.24. The maximum Gasteiger partial charge on any atom is 0.103 e. The molecule has 0 N–H and O–H groups in total.